The maximum absolute atomic E-state index is 5.35. The summed E-state index contributed by atoms with van der Waals surface area (Å²) in [6.07, 6.45) is 3.67. The van der Waals surface area contributed by atoms with Crippen LogP contribution in [0.25, 0.3) is 16.7 Å². The number of nitrogens with zero attached hydrogens (tertiary/aromatic N) is 3. The molecule has 1 aromatic carbocycles. The Morgan fingerprint density at radius 3 is 2.83 bits per heavy atom. The van der Waals surface area contributed by atoms with Gasteiger partial charge in [0.1, 0.15) is 0 Å². The molecule has 4 rings (SSSR count). The molecule has 0 fully saturated rings. The van der Waals surface area contributed by atoms with E-state index in [1.165, 1.54) is 0 Å². The highest BCUT2D eigenvalue weighted by molar-refractivity contribution is 5.82. The minimum absolute atomic E-state index is 0.280. The van der Waals surface area contributed by atoms with Gasteiger partial charge in [0.05, 0.1) is 5.52 Å². The first kappa shape index (κ1) is 9.47. The number of pyridine rings is 1. The third kappa shape index (κ3) is 1.34. The normalized spacial score (nSPS) is 13.1. The van der Waals surface area contributed by atoms with Gasteiger partial charge in [0, 0.05) is 23.8 Å². The van der Waals surface area contributed by atoms with E-state index in [9.17, 15) is 0 Å². The van der Waals surface area contributed by atoms with Gasteiger partial charge in [0.25, 0.3) is 0 Å². The molecule has 0 saturated heterocycles. The van der Waals surface area contributed by atoms with E-state index in [1.54, 1.807) is 10.9 Å². The molecule has 3 heterocycles. The van der Waals surface area contributed by atoms with Crippen LogP contribution >= 0.6 is 0 Å². The van der Waals surface area contributed by atoms with Crippen LogP contribution in [0.15, 0.2) is 42.7 Å². The molecule has 88 valence electrons. The molecule has 0 atom stereocenters. The molecular weight excluding hydrogens is 230 g/mol. The molecule has 0 spiro atoms. The molecule has 1 aliphatic heterocycles. The van der Waals surface area contributed by atoms with Crippen LogP contribution < -0.4 is 9.47 Å². The number of hydrogen-bond donors (Lipinski definition) is 0. The van der Waals surface area contributed by atoms with E-state index in [-0.39, 0.29) is 6.79 Å². The van der Waals surface area contributed by atoms with Crippen LogP contribution in [0.2, 0.25) is 0 Å². The molecule has 0 saturated carbocycles. The summed E-state index contributed by atoms with van der Waals surface area (Å²) in [5.74, 6) is 2.30. The van der Waals surface area contributed by atoms with Crippen molar-refractivity contribution in [3.8, 4) is 17.3 Å². The van der Waals surface area contributed by atoms with Crippen LogP contribution in [0, 0.1) is 0 Å². The van der Waals surface area contributed by atoms with Gasteiger partial charge in [-0.15, -0.1) is 0 Å². The predicted octanol–water partition coefficient (Wildman–Crippen LogP) is 2.15. The second-order valence-electron chi connectivity index (χ2n) is 4.03. The van der Waals surface area contributed by atoms with Crippen LogP contribution in [-0.2, 0) is 0 Å². The van der Waals surface area contributed by atoms with Crippen molar-refractivity contribution in [3.63, 3.8) is 0 Å². The Hall–Kier alpha value is -2.56. The molecule has 5 nitrogen and oxygen atoms in total. The molecule has 0 N–H and O–H groups in total. The van der Waals surface area contributed by atoms with Crippen LogP contribution in [0.4, 0.5) is 0 Å². The van der Waals surface area contributed by atoms with Crippen molar-refractivity contribution in [1.29, 1.82) is 0 Å². The molecule has 0 bridgehead atoms. The summed E-state index contributed by atoms with van der Waals surface area (Å²) in [6.45, 7) is 0.280. The number of ether oxygens (including phenoxy) is 2. The van der Waals surface area contributed by atoms with Gasteiger partial charge in [-0.2, -0.15) is 5.10 Å². The molecule has 2 aromatic heterocycles. The lowest BCUT2D eigenvalue weighted by Crippen LogP contribution is -1.96. The van der Waals surface area contributed by atoms with Gasteiger partial charge in [-0.1, -0.05) is 6.07 Å². The monoisotopic (exact) mass is 239 g/mol. The van der Waals surface area contributed by atoms with Gasteiger partial charge in [-0.3, -0.25) is 0 Å². The van der Waals surface area contributed by atoms with Crippen LogP contribution in [0.3, 0.4) is 0 Å². The van der Waals surface area contributed by atoms with Crippen molar-refractivity contribution in [3.05, 3.63) is 42.7 Å². The highest BCUT2D eigenvalue weighted by atomic mass is 16.7. The topological polar surface area (TPSA) is 49.2 Å². The highest BCUT2D eigenvalue weighted by Crippen LogP contribution is 2.35. The van der Waals surface area contributed by atoms with Crippen molar-refractivity contribution in [2.45, 2.75) is 0 Å². The molecular formula is C13H9N3O2. The van der Waals surface area contributed by atoms with Crippen LogP contribution in [0.1, 0.15) is 0 Å². The molecule has 18 heavy (non-hydrogen) atoms. The molecule has 3 aromatic rings. The summed E-state index contributed by atoms with van der Waals surface area (Å²) < 4.78 is 12.4. The first-order valence-corrected chi connectivity index (χ1v) is 5.60. The van der Waals surface area contributed by atoms with E-state index in [1.807, 2.05) is 36.5 Å². The molecule has 0 amide bonds. The summed E-state index contributed by atoms with van der Waals surface area (Å²) >= 11 is 0. The van der Waals surface area contributed by atoms with Crippen molar-refractivity contribution < 1.29 is 9.47 Å². The zero-order chi connectivity index (χ0) is 11.9. The Balaban J connectivity index is 1.90. The van der Waals surface area contributed by atoms with Gasteiger partial charge >= 0.3 is 0 Å². The second kappa shape index (κ2) is 3.46. The fourth-order valence-electron chi connectivity index (χ4n) is 2.02. The summed E-state index contributed by atoms with van der Waals surface area (Å²) in [4.78, 5) is 4.26. The summed E-state index contributed by atoms with van der Waals surface area (Å²) in [5, 5.41) is 5.48. The molecule has 1 aliphatic rings. The van der Waals surface area contributed by atoms with E-state index < -0.39 is 0 Å². The number of rotatable bonds is 1. The minimum atomic E-state index is 0.280. The second-order valence-corrected chi connectivity index (χ2v) is 4.03. The lowest BCUT2D eigenvalue weighted by atomic mass is 10.2. The number of hydrogen-bond acceptors (Lipinski definition) is 4. The molecule has 0 aliphatic carbocycles. The zero-order valence-electron chi connectivity index (χ0n) is 9.41. The zero-order valence-corrected chi connectivity index (χ0v) is 9.41. The Labute approximate surface area is 103 Å². The first-order valence-electron chi connectivity index (χ1n) is 5.60. The van der Waals surface area contributed by atoms with E-state index in [2.05, 4.69) is 10.1 Å². The van der Waals surface area contributed by atoms with Crippen LogP contribution in [-0.4, -0.2) is 21.6 Å². The van der Waals surface area contributed by atoms with Crippen molar-refractivity contribution in [1.82, 2.24) is 14.8 Å². The third-order valence-electron chi connectivity index (χ3n) is 2.88. The highest BCUT2D eigenvalue weighted by Gasteiger charge is 2.16. The fourth-order valence-corrected chi connectivity index (χ4v) is 2.02. The van der Waals surface area contributed by atoms with E-state index in [0.717, 1.165) is 28.2 Å². The standard InChI is InChI=1S/C13H9N3O2/c1-2-4-14-13(3-1)16-7-9-5-11-12(18-8-17-11)6-10(9)15-16/h1-7H,8H2. The maximum Gasteiger partial charge on any atom is 0.231 e. The van der Waals surface area contributed by atoms with Crippen molar-refractivity contribution >= 4 is 10.9 Å². The number of aromatic nitrogens is 3. The average Bonchev–Trinajstić information content (AvgIpc) is 3.01. The average molecular weight is 239 g/mol. The van der Waals surface area contributed by atoms with Gasteiger partial charge < -0.3 is 9.47 Å². The maximum atomic E-state index is 5.35. The summed E-state index contributed by atoms with van der Waals surface area (Å²) in [7, 11) is 0. The smallest absolute Gasteiger partial charge is 0.231 e. The van der Waals surface area contributed by atoms with Crippen molar-refractivity contribution in [2.75, 3.05) is 6.79 Å². The van der Waals surface area contributed by atoms with E-state index in [0.29, 0.717) is 0 Å². The quantitative estimate of drug-likeness (QED) is 0.652. The van der Waals surface area contributed by atoms with Gasteiger partial charge in [0.2, 0.25) is 6.79 Å². The van der Waals surface area contributed by atoms with Gasteiger partial charge in [-0.05, 0) is 18.2 Å². The van der Waals surface area contributed by atoms with Gasteiger partial charge in [0.15, 0.2) is 17.3 Å². The van der Waals surface area contributed by atoms with E-state index >= 15 is 0 Å². The van der Waals surface area contributed by atoms with Gasteiger partial charge in [-0.25, -0.2) is 9.67 Å². The van der Waals surface area contributed by atoms with E-state index in [4.69, 9.17) is 9.47 Å². The molecule has 0 unspecified atom stereocenters. The summed E-state index contributed by atoms with van der Waals surface area (Å²) in [6, 6.07) is 9.54. The van der Waals surface area contributed by atoms with Crippen LogP contribution in [0.5, 0.6) is 11.5 Å². The Morgan fingerprint density at radius 2 is 2.00 bits per heavy atom. The Bertz CT molecular complexity index is 681. The lowest BCUT2D eigenvalue weighted by molar-refractivity contribution is 0.174. The summed E-state index contributed by atoms with van der Waals surface area (Å²) in [5.41, 5.74) is 0.866. The number of benzene rings is 1. The van der Waals surface area contributed by atoms with Crippen molar-refractivity contribution in [2.24, 2.45) is 0 Å². The Kier molecular flexibility index (Phi) is 1.82. The largest absolute Gasteiger partial charge is 0.454 e. The molecule has 0 radical (unpaired) electrons. The minimum Gasteiger partial charge on any atom is -0.454 e. The first-order chi connectivity index (χ1) is 8.90. The third-order valence-corrected chi connectivity index (χ3v) is 2.88. The molecule has 5 heteroatoms. The lowest BCUT2D eigenvalue weighted by Gasteiger charge is -1.96. The fraction of sp³-hybridized carbons (Fsp3) is 0.0769. The predicted molar refractivity (Wildman–Crippen MR) is 65.0 cm³/mol. The SMILES string of the molecule is c1ccc(-n2cc3cc4c(cc3n2)OCO4)nc1. The number of fused-ring (bicyclic) bond motifs is 2. The Morgan fingerprint density at radius 1 is 1.11 bits per heavy atom.